The number of hydrogen-bond acceptors (Lipinski definition) is 1. The predicted octanol–water partition coefficient (Wildman–Crippen LogP) is 2.92. The highest BCUT2D eigenvalue weighted by Crippen LogP contribution is 2.02. The van der Waals surface area contributed by atoms with Gasteiger partial charge in [-0.1, -0.05) is 18.2 Å². The molecule has 0 aliphatic rings. The lowest BCUT2D eigenvalue weighted by Gasteiger charge is -2.03. The molecular weight excluding hydrogens is 189 g/mol. The second-order valence-electron chi connectivity index (χ2n) is 3.56. The Morgan fingerprint density at radius 3 is 2.60 bits per heavy atom. The predicted molar refractivity (Wildman–Crippen MR) is 62.4 cm³/mol. The molecule has 0 aliphatic heterocycles. The molecule has 0 aliphatic carbocycles. The van der Waals surface area contributed by atoms with Crippen LogP contribution in [0.2, 0.25) is 0 Å². The van der Waals surface area contributed by atoms with Crippen LogP contribution in [0.3, 0.4) is 0 Å². The molecule has 82 valence electrons. The molecule has 1 rings (SSSR count). The Balaban J connectivity index is 2.09. The molecule has 0 radical (unpaired) electrons. The lowest BCUT2D eigenvalue weighted by molar-refractivity contribution is 0.625. The molecule has 1 nitrogen and oxygen atoms in total. The highest BCUT2D eigenvalue weighted by atomic mass is 19.1. The molecule has 1 aromatic rings. The topological polar surface area (TPSA) is 12.0 Å². The van der Waals surface area contributed by atoms with E-state index in [2.05, 4.69) is 11.9 Å². The van der Waals surface area contributed by atoms with Crippen molar-refractivity contribution in [3.63, 3.8) is 0 Å². The van der Waals surface area contributed by atoms with Crippen LogP contribution in [-0.4, -0.2) is 13.1 Å². The van der Waals surface area contributed by atoms with E-state index in [9.17, 15) is 4.39 Å². The van der Waals surface area contributed by atoms with Gasteiger partial charge < -0.3 is 5.32 Å². The maximum Gasteiger partial charge on any atom is 0.123 e. The molecule has 0 spiro atoms. The molecule has 0 bridgehead atoms. The molecule has 0 aromatic heterocycles. The van der Waals surface area contributed by atoms with Gasteiger partial charge in [0.1, 0.15) is 5.82 Å². The first-order chi connectivity index (χ1) is 7.33. The Morgan fingerprint density at radius 2 is 1.93 bits per heavy atom. The van der Waals surface area contributed by atoms with Crippen molar-refractivity contribution in [3.05, 3.63) is 48.3 Å². The Morgan fingerprint density at radius 1 is 1.20 bits per heavy atom. The van der Waals surface area contributed by atoms with Crippen LogP contribution in [-0.2, 0) is 6.42 Å². The number of allylic oxidation sites excluding steroid dienone is 1. The zero-order valence-corrected chi connectivity index (χ0v) is 9.01. The van der Waals surface area contributed by atoms with Crippen LogP contribution in [0.4, 0.5) is 4.39 Å². The zero-order chi connectivity index (χ0) is 10.9. The maximum absolute atomic E-state index is 12.6. The van der Waals surface area contributed by atoms with Crippen molar-refractivity contribution in [3.8, 4) is 0 Å². The number of nitrogens with one attached hydrogen (secondary N) is 1. The average Bonchev–Trinajstić information content (AvgIpc) is 2.26. The van der Waals surface area contributed by atoms with Crippen LogP contribution in [0.5, 0.6) is 0 Å². The van der Waals surface area contributed by atoms with Crippen LogP contribution in [0.15, 0.2) is 36.9 Å². The highest BCUT2D eigenvalue weighted by Gasteiger charge is 1.93. The summed E-state index contributed by atoms with van der Waals surface area (Å²) in [5.74, 6) is -0.169. The highest BCUT2D eigenvalue weighted by molar-refractivity contribution is 5.16. The van der Waals surface area contributed by atoms with Gasteiger partial charge in [0.15, 0.2) is 0 Å². The first-order valence-electron chi connectivity index (χ1n) is 5.39. The van der Waals surface area contributed by atoms with Gasteiger partial charge in [-0.15, -0.1) is 6.58 Å². The van der Waals surface area contributed by atoms with E-state index >= 15 is 0 Å². The summed E-state index contributed by atoms with van der Waals surface area (Å²) in [6, 6.07) is 6.68. The Hall–Kier alpha value is -1.15. The minimum absolute atomic E-state index is 0.169. The van der Waals surface area contributed by atoms with Gasteiger partial charge in [-0.05, 0) is 50.0 Å². The molecule has 0 saturated heterocycles. The lowest BCUT2D eigenvalue weighted by atomic mass is 10.1. The van der Waals surface area contributed by atoms with Gasteiger partial charge in [-0.3, -0.25) is 0 Å². The molecule has 0 heterocycles. The van der Waals surface area contributed by atoms with Crippen LogP contribution in [0.1, 0.15) is 18.4 Å². The smallest absolute Gasteiger partial charge is 0.123 e. The molecule has 0 fully saturated rings. The van der Waals surface area contributed by atoms with E-state index in [4.69, 9.17) is 0 Å². The lowest BCUT2D eigenvalue weighted by Crippen LogP contribution is -2.18. The van der Waals surface area contributed by atoms with Gasteiger partial charge in [0.2, 0.25) is 0 Å². The Bertz CT molecular complexity index is 279. The van der Waals surface area contributed by atoms with Crippen molar-refractivity contribution < 1.29 is 4.39 Å². The summed E-state index contributed by atoms with van der Waals surface area (Å²) in [5, 5.41) is 3.34. The Kier molecular flexibility index (Phi) is 5.71. The second kappa shape index (κ2) is 7.18. The molecule has 15 heavy (non-hydrogen) atoms. The summed E-state index contributed by atoms with van der Waals surface area (Å²) in [7, 11) is 0. The maximum atomic E-state index is 12.6. The van der Waals surface area contributed by atoms with E-state index in [1.807, 2.05) is 18.2 Å². The second-order valence-corrected chi connectivity index (χ2v) is 3.56. The number of hydrogen-bond donors (Lipinski definition) is 1. The SMILES string of the molecule is C=CCCCNCCc1ccc(F)cc1. The molecule has 0 amide bonds. The van der Waals surface area contributed by atoms with E-state index in [1.165, 1.54) is 17.7 Å². The summed E-state index contributed by atoms with van der Waals surface area (Å²) in [6.07, 6.45) is 5.08. The third-order valence-electron chi connectivity index (χ3n) is 2.27. The summed E-state index contributed by atoms with van der Waals surface area (Å²) >= 11 is 0. The first-order valence-corrected chi connectivity index (χ1v) is 5.39. The van der Waals surface area contributed by atoms with Crippen LogP contribution in [0, 0.1) is 5.82 Å². The van der Waals surface area contributed by atoms with E-state index in [0.717, 1.165) is 32.4 Å². The fourth-order valence-electron chi connectivity index (χ4n) is 1.38. The van der Waals surface area contributed by atoms with E-state index in [0.29, 0.717) is 0 Å². The quantitative estimate of drug-likeness (QED) is 0.535. The minimum Gasteiger partial charge on any atom is -0.316 e. The molecule has 0 atom stereocenters. The third-order valence-corrected chi connectivity index (χ3v) is 2.27. The summed E-state index contributed by atoms with van der Waals surface area (Å²) < 4.78 is 12.6. The zero-order valence-electron chi connectivity index (χ0n) is 9.01. The largest absolute Gasteiger partial charge is 0.316 e. The summed E-state index contributed by atoms with van der Waals surface area (Å²) in [4.78, 5) is 0. The Labute approximate surface area is 91.0 Å². The monoisotopic (exact) mass is 207 g/mol. The third kappa shape index (κ3) is 5.33. The van der Waals surface area contributed by atoms with Gasteiger partial charge in [0.05, 0.1) is 0 Å². The summed E-state index contributed by atoms with van der Waals surface area (Å²) in [6.45, 7) is 5.64. The average molecular weight is 207 g/mol. The van der Waals surface area contributed by atoms with Gasteiger partial charge in [-0.25, -0.2) is 4.39 Å². The minimum atomic E-state index is -0.169. The van der Waals surface area contributed by atoms with Crippen molar-refractivity contribution in [2.24, 2.45) is 0 Å². The van der Waals surface area contributed by atoms with E-state index < -0.39 is 0 Å². The van der Waals surface area contributed by atoms with E-state index in [1.54, 1.807) is 0 Å². The van der Waals surface area contributed by atoms with Crippen molar-refractivity contribution in [1.29, 1.82) is 0 Å². The number of benzene rings is 1. The number of halogens is 1. The first kappa shape index (κ1) is 11.9. The van der Waals surface area contributed by atoms with Crippen molar-refractivity contribution in [1.82, 2.24) is 5.32 Å². The molecule has 0 unspecified atom stereocenters. The number of rotatable bonds is 7. The van der Waals surface area contributed by atoms with Gasteiger partial charge >= 0.3 is 0 Å². The van der Waals surface area contributed by atoms with Gasteiger partial charge in [0.25, 0.3) is 0 Å². The molecule has 1 aromatic carbocycles. The molecule has 2 heteroatoms. The van der Waals surface area contributed by atoms with E-state index in [-0.39, 0.29) is 5.82 Å². The fraction of sp³-hybridized carbons (Fsp3) is 0.385. The molecule has 0 saturated carbocycles. The summed E-state index contributed by atoms with van der Waals surface area (Å²) in [5.41, 5.74) is 1.17. The van der Waals surface area contributed by atoms with Crippen LogP contribution >= 0.6 is 0 Å². The standard InChI is InChI=1S/C13H18FN/c1-2-3-4-10-15-11-9-12-5-7-13(14)8-6-12/h2,5-8,15H,1,3-4,9-11H2. The van der Waals surface area contributed by atoms with Gasteiger partial charge in [-0.2, -0.15) is 0 Å². The fourth-order valence-corrected chi connectivity index (χ4v) is 1.38. The normalized spacial score (nSPS) is 10.2. The number of unbranched alkanes of at least 4 members (excludes halogenated alkanes) is 1. The molecular formula is C13H18FN. The van der Waals surface area contributed by atoms with Crippen molar-refractivity contribution >= 4 is 0 Å². The van der Waals surface area contributed by atoms with Crippen molar-refractivity contribution in [2.75, 3.05) is 13.1 Å². The molecule has 1 N–H and O–H groups in total. The van der Waals surface area contributed by atoms with Crippen LogP contribution in [0.25, 0.3) is 0 Å². The van der Waals surface area contributed by atoms with Crippen molar-refractivity contribution in [2.45, 2.75) is 19.3 Å². The van der Waals surface area contributed by atoms with Gasteiger partial charge in [0, 0.05) is 0 Å². The van der Waals surface area contributed by atoms with Crippen LogP contribution < -0.4 is 5.32 Å².